The molecule has 0 unspecified atom stereocenters. The quantitative estimate of drug-likeness (QED) is 0.334. The van der Waals surface area contributed by atoms with Gasteiger partial charge in [-0.1, -0.05) is 60.7 Å². The van der Waals surface area contributed by atoms with Crippen LogP contribution < -0.4 is 11.5 Å². The average molecular weight is 482 g/mol. The molecule has 6 N–H and O–H groups in total. The van der Waals surface area contributed by atoms with Gasteiger partial charge in [-0.25, -0.2) is 9.67 Å². The number of aromatic nitrogens is 3. The molecule has 3 heterocycles. The summed E-state index contributed by atoms with van der Waals surface area (Å²) in [6.07, 6.45) is 6.03. The Kier molecular flexibility index (Phi) is 6.28. The van der Waals surface area contributed by atoms with Crippen molar-refractivity contribution < 1.29 is 0 Å². The minimum absolute atomic E-state index is 0.124. The molecule has 1 aromatic heterocycles. The molecule has 9 nitrogen and oxygen atoms in total. The van der Waals surface area contributed by atoms with E-state index in [0.29, 0.717) is 18.9 Å². The lowest BCUT2D eigenvalue weighted by molar-refractivity contribution is 0.451. The molecular formula is C27H31N9. The molecule has 2 aliphatic heterocycles. The van der Waals surface area contributed by atoms with Crippen molar-refractivity contribution in [3.8, 4) is 22.8 Å². The summed E-state index contributed by atoms with van der Waals surface area (Å²) in [5.41, 5.74) is 18.1. The van der Waals surface area contributed by atoms with Crippen LogP contribution in [-0.2, 0) is 7.05 Å². The number of rotatable bonds is 4. The molecular weight excluding hydrogens is 450 g/mol. The lowest BCUT2D eigenvalue weighted by atomic mass is 9.98. The van der Waals surface area contributed by atoms with Gasteiger partial charge >= 0.3 is 0 Å². The molecule has 0 amide bonds. The Morgan fingerprint density at radius 1 is 0.722 bits per heavy atom. The number of guanidine groups is 2. The molecule has 3 aromatic rings. The van der Waals surface area contributed by atoms with Crippen molar-refractivity contribution in [3.05, 3.63) is 71.8 Å². The van der Waals surface area contributed by atoms with Crippen molar-refractivity contribution >= 4 is 23.1 Å². The minimum Gasteiger partial charge on any atom is -0.370 e. The summed E-state index contributed by atoms with van der Waals surface area (Å²) in [4.78, 5) is 8.55. The first-order valence-corrected chi connectivity index (χ1v) is 12.1. The third-order valence-electron chi connectivity index (χ3n) is 6.89. The van der Waals surface area contributed by atoms with Crippen LogP contribution >= 0.6 is 0 Å². The topological polar surface area (TPSA) is 137 Å². The summed E-state index contributed by atoms with van der Waals surface area (Å²) in [5, 5.41) is 19.8. The van der Waals surface area contributed by atoms with Gasteiger partial charge in [0.05, 0.1) is 0 Å². The number of aryl methyl sites for hydroxylation is 1. The maximum absolute atomic E-state index is 7.59. The highest BCUT2D eigenvalue weighted by Gasteiger charge is 2.17. The van der Waals surface area contributed by atoms with Crippen LogP contribution in [0.15, 0.2) is 60.7 Å². The molecule has 0 spiro atoms. The summed E-state index contributed by atoms with van der Waals surface area (Å²) in [6, 6.07) is 16.8. The highest BCUT2D eigenvalue weighted by molar-refractivity contribution is 5.78. The molecule has 36 heavy (non-hydrogen) atoms. The smallest absolute Gasteiger partial charge is 0.188 e. The van der Waals surface area contributed by atoms with Crippen LogP contribution in [0.5, 0.6) is 0 Å². The molecule has 0 radical (unpaired) electrons. The number of nitrogens with zero attached hydrogens (tertiary/aromatic N) is 5. The van der Waals surface area contributed by atoms with E-state index < -0.39 is 0 Å². The first-order valence-electron chi connectivity index (χ1n) is 12.1. The van der Waals surface area contributed by atoms with Gasteiger partial charge in [0.15, 0.2) is 23.6 Å². The van der Waals surface area contributed by atoms with Gasteiger partial charge in [-0.2, -0.15) is 5.10 Å². The third-order valence-corrected chi connectivity index (χ3v) is 6.89. The van der Waals surface area contributed by atoms with E-state index in [2.05, 4.69) is 65.8 Å². The molecule has 0 saturated heterocycles. The van der Waals surface area contributed by atoms with Gasteiger partial charge < -0.3 is 21.3 Å². The van der Waals surface area contributed by atoms with Gasteiger partial charge in [0.25, 0.3) is 0 Å². The Balaban J connectivity index is 1.30. The standard InChI is InChI=1S/C27H31N9/c1-34-25(23-8-4-19(5-9-23)21-12-16-36(17-13-21)27(30)31)32-24(33-34)22-6-2-18(3-7-22)20-10-14-35(15-11-20)26(28)29/h2-10,12H,11,13-17H2,1H3,(H3,28,29)(H3,30,31). The minimum atomic E-state index is 0.124. The second kappa shape index (κ2) is 9.69. The van der Waals surface area contributed by atoms with Crippen molar-refractivity contribution in [1.29, 1.82) is 10.8 Å². The van der Waals surface area contributed by atoms with E-state index in [-0.39, 0.29) is 11.9 Å². The zero-order valence-corrected chi connectivity index (χ0v) is 20.4. The summed E-state index contributed by atoms with van der Waals surface area (Å²) in [6.45, 7) is 2.88. The SMILES string of the molecule is Cn1nc(-c2ccc(C3=CCN(C(=N)N)CC3)cc2)nc1-c1ccc(C2=CCN(C(=N)N)CC2)cc1. The second-order valence-electron chi connectivity index (χ2n) is 9.16. The van der Waals surface area contributed by atoms with Crippen LogP contribution in [0.2, 0.25) is 0 Å². The molecule has 184 valence electrons. The monoisotopic (exact) mass is 481 g/mol. The van der Waals surface area contributed by atoms with Crippen molar-refractivity contribution in [2.24, 2.45) is 18.5 Å². The Morgan fingerprint density at radius 2 is 1.17 bits per heavy atom. The molecule has 0 bridgehead atoms. The van der Waals surface area contributed by atoms with Crippen LogP contribution in [-0.4, -0.2) is 62.7 Å². The maximum Gasteiger partial charge on any atom is 0.188 e. The van der Waals surface area contributed by atoms with Gasteiger partial charge in [0.2, 0.25) is 0 Å². The molecule has 0 fully saturated rings. The first-order chi connectivity index (χ1) is 17.4. The Hall–Kier alpha value is -4.40. The summed E-state index contributed by atoms with van der Waals surface area (Å²) >= 11 is 0. The van der Waals surface area contributed by atoms with Crippen LogP contribution in [0.3, 0.4) is 0 Å². The highest BCUT2D eigenvalue weighted by atomic mass is 15.3. The van der Waals surface area contributed by atoms with Gasteiger partial charge in [0, 0.05) is 44.4 Å². The van der Waals surface area contributed by atoms with E-state index in [1.807, 2.05) is 21.5 Å². The van der Waals surface area contributed by atoms with Crippen LogP contribution in [0, 0.1) is 10.8 Å². The van der Waals surface area contributed by atoms with Crippen molar-refractivity contribution in [2.75, 3.05) is 26.2 Å². The van der Waals surface area contributed by atoms with E-state index in [9.17, 15) is 0 Å². The van der Waals surface area contributed by atoms with Crippen LogP contribution in [0.25, 0.3) is 33.9 Å². The predicted octanol–water partition coefficient (Wildman–Crippen LogP) is 3.11. The molecule has 5 rings (SSSR count). The summed E-state index contributed by atoms with van der Waals surface area (Å²) in [7, 11) is 1.92. The fourth-order valence-electron chi connectivity index (χ4n) is 4.73. The van der Waals surface area contributed by atoms with E-state index >= 15 is 0 Å². The number of hydrogen-bond donors (Lipinski definition) is 4. The van der Waals surface area contributed by atoms with Crippen molar-refractivity contribution in [3.63, 3.8) is 0 Å². The van der Waals surface area contributed by atoms with E-state index in [1.165, 1.54) is 22.3 Å². The lowest BCUT2D eigenvalue weighted by Crippen LogP contribution is -2.39. The third kappa shape index (κ3) is 4.72. The first kappa shape index (κ1) is 23.3. The molecule has 0 saturated carbocycles. The van der Waals surface area contributed by atoms with Crippen LogP contribution in [0.4, 0.5) is 0 Å². The van der Waals surface area contributed by atoms with Gasteiger partial charge in [-0.15, -0.1) is 0 Å². The fourth-order valence-corrected chi connectivity index (χ4v) is 4.73. The molecule has 9 heteroatoms. The van der Waals surface area contributed by atoms with Gasteiger partial charge in [-0.05, 0) is 35.1 Å². The zero-order valence-electron chi connectivity index (χ0n) is 20.4. The Labute approximate surface area is 210 Å². The Morgan fingerprint density at radius 3 is 1.58 bits per heavy atom. The molecule has 2 aromatic carbocycles. The lowest BCUT2D eigenvalue weighted by Gasteiger charge is -2.26. The van der Waals surface area contributed by atoms with E-state index in [1.54, 1.807) is 0 Å². The average Bonchev–Trinajstić information content (AvgIpc) is 3.30. The second-order valence-corrected chi connectivity index (χ2v) is 9.16. The normalized spacial score (nSPS) is 15.9. The highest BCUT2D eigenvalue weighted by Crippen LogP contribution is 2.28. The molecule has 0 aliphatic carbocycles. The van der Waals surface area contributed by atoms with Crippen molar-refractivity contribution in [1.82, 2.24) is 24.6 Å². The molecule has 2 aliphatic rings. The number of hydrogen-bond acceptors (Lipinski definition) is 4. The number of nitrogens with one attached hydrogen (secondary N) is 2. The fraction of sp³-hybridized carbons (Fsp3) is 0.259. The van der Waals surface area contributed by atoms with Gasteiger partial charge in [0.1, 0.15) is 0 Å². The summed E-state index contributed by atoms with van der Waals surface area (Å²) < 4.78 is 1.82. The van der Waals surface area contributed by atoms with Crippen LogP contribution in [0.1, 0.15) is 24.0 Å². The maximum atomic E-state index is 7.59. The van der Waals surface area contributed by atoms with E-state index in [4.69, 9.17) is 27.3 Å². The number of nitrogens with two attached hydrogens (primary N) is 2. The number of benzene rings is 2. The molecule has 0 atom stereocenters. The largest absolute Gasteiger partial charge is 0.370 e. The summed E-state index contributed by atoms with van der Waals surface area (Å²) in [5.74, 6) is 1.77. The zero-order chi connectivity index (χ0) is 25.2. The van der Waals surface area contributed by atoms with E-state index in [0.717, 1.165) is 42.9 Å². The van der Waals surface area contributed by atoms with Gasteiger partial charge in [-0.3, -0.25) is 10.8 Å². The van der Waals surface area contributed by atoms with Crippen molar-refractivity contribution in [2.45, 2.75) is 12.8 Å². The predicted molar refractivity (Wildman–Crippen MR) is 144 cm³/mol. The Bertz CT molecular complexity index is 1350.